The van der Waals surface area contributed by atoms with Gasteiger partial charge in [0, 0.05) is 23.3 Å². The summed E-state index contributed by atoms with van der Waals surface area (Å²) in [5.41, 5.74) is 1.73. The van der Waals surface area contributed by atoms with Gasteiger partial charge in [-0.15, -0.1) is 0 Å². The maximum atomic E-state index is 11.4. The number of rotatable bonds is 9. The van der Waals surface area contributed by atoms with Crippen LogP contribution in [-0.2, 0) is 32.4 Å². The summed E-state index contributed by atoms with van der Waals surface area (Å²) < 4.78 is 67.7. The van der Waals surface area contributed by atoms with E-state index in [1.54, 1.807) is 7.11 Å². The van der Waals surface area contributed by atoms with Crippen LogP contribution in [0.4, 0.5) is 5.69 Å². The van der Waals surface area contributed by atoms with E-state index in [0.29, 0.717) is 12.3 Å². The zero-order chi connectivity index (χ0) is 26.2. The van der Waals surface area contributed by atoms with Crippen LogP contribution in [0.15, 0.2) is 64.5 Å². The van der Waals surface area contributed by atoms with Gasteiger partial charge in [-0.3, -0.25) is 4.55 Å². The molecular formula is C24H22N2O7S4. The Morgan fingerprint density at radius 3 is 2.76 bits per heavy atom. The molecule has 1 aliphatic rings. The molecule has 194 valence electrons. The second kappa shape index (κ2) is 10.7. The Labute approximate surface area is 224 Å². The molecule has 1 atom stereocenters. The standard InChI is InChI=1S/C24H22N2O7S4/c1-32-17-8-10-20-19(13-17)25(11-4-12-37(29,30)31)22(34-20)14-23-26(15-33-36(27)28)24-18-6-3-2-5-16(18)7-9-21(24)35-23/h2-3,5-10,13-14H,4,11-12,15H2,1H3,(H-,27,28,29,30,31). The molecule has 0 radical (unpaired) electrons. The lowest BCUT2D eigenvalue weighted by Crippen LogP contribution is -2.37. The average molecular weight is 579 g/mol. The largest absolute Gasteiger partial charge is 0.748 e. The fraction of sp³-hybridized carbons (Fsp3) is 0.208. The normalized spacial score (nSPS) is 15.5. The number of aromatic nitrogens is 1. The van der Waals surface area contributed by atoms with Gasteiger partial charge in [-0.2, -0.15) is 8.78 Å². The molecule has 0 bridgehead atoms. The average Bonchev–Trinajstić information content (AvgIpc) is 3.39. The zero-order valence-corrected chi connectivity index (χ0v) is 22.8. The number of thioether (sulfide) groups is 1. The highest BCUT2D eigenvalue weighted by Gasteiger charge is 2.29. The van der Waals surface area contributed by atoms with Gasteiger partial charge in [0.05, 0.1) is 39.4 Å². The molecule has 0 aliphatic carbocycles. The molecule has 5 rings (SSSR count). The van der Waals surface area contributed by atoms with Gasteiger partial charge in [0.15, 0.2) is 0 Å². The van der Waals surface area contributed by atoms with Crippen molar-refractivity contribution in [3.63, 3.8) is 0 Å². The molecule has 0 saturated heterocycles. The molecule has 1 N–H and O–H groups in total. The molecule has 3 aromatic carbocycles. The summed E-state index contributed by atoms with van der Waals surface area (Å²) in [5, 5.41) is 3.61. The van der Waals surface area contributed by atoms with E-state index in [-0.39, 0.29) is 13.2 Å². The van der Waals surface area contributed by atoms with Crippen molar-refractivity contribution in [2.45, 2.75) is 18.0 Å². The lowest BCUT2D eigenvalue weighted by atomic mass is 10.1. The maximum absolute atomic E-state index is 11.4. The van der Waals surface area contributed by atoms with E-state index in [1.807, 2.05) is 70.1 Å². The Morgan fingerprint density at radius 2 is 2.00 bits per heavy atom. The Balaban J connectivity index is 1.62. The molecule has 1 aliphatic heterocycles. The van der Waals surface area contributed by atoms with Gasteiger partial charge < -0.3 is 14.2 Å². The Morgan fingerprint density at radius 1 is 1.19 bits per heavy atom. The number of nitrogens with zero attached hydrogens (tertiary/aromatic N) is 2. The summed E-state index contributed by atoms with van der Waals surface area (Å²) in [7, 11) is -2.77. The van der Waals surface area contributed by atoms with Crippen molar-refractivity contribution in [3.05, 3.63) is 64.6 Å². The van der Waals surface area contributed by atoms with Crippen molar-refractivity contribution < 1.29 is 35.2 Å². The quantitative estimate of drug-likeness (QED) is 0.176. The van der Waals surface area contributed by atoms with Crippen LogP contribution in [0.2, 0.25) is 0 Å². The number of methoxy groups -OCH3 is 1. The van der Waals surface area contributed by atoms with E-state index in [1.165, 1.54) is 23.1 Å². The summed E-state index contributed by atoms with van der Waals surface area (Å²) in [6.45, 7) is 0.168. The minimum absolute atomic E-state index is 0.143. The molecular weight excluding hydrogens is 557 g/mol. The minimum Gasteiger partial charge on any atom is -0.748 e. The van der Waals surface area contributed by atoms with Gasteiger partial charge >= 0.3 is 11.4 Å². The number of hydrogen-bond acceptors (Lipinski definition) is 9. The highest BCUT2D eigenvalue weighted by atomic mass is 32.2. The van der Waals surface area contributed by atoms with Crippen LogP contribution in [0.3, 0.4) is 0 Å². The molecule has 4 aromatic rings. The summed E-state index contributed by atoms with van der Waals surface area (Å²) in [5.74, 6) is 0.190. The third kappa shape index (κ3) is 5.67. The van der Waals surface area contributed by atoms with Crippen LogP contribution in [0.1, 0.15) is 11.4 Å². The second-order valence-corrected chi connectivity index (χ2v) is 12.5. The van der Waals surface area contributed by atoms with Crippen LogP contribution in [0.25, 0.3) is 27.1 Å². The van der Waals surface area contributed by atoms with Gasteiger partial charge in [0.2, 0.25) is 5.52 Å². The van der Waals surface area contributed by atoms with Crippen LogP contribution in [0, 0.1) is 0 Å². The van der Waals surface area contributed by atoms with E-state index in [0.717, 1.165) is 41.6 Å². The minimum atomic E-state index is -4.34. The first kappa shape index (κ1) is 26.1. The van der Waals surface area contributed by atoms with Crippen molar-refractivity contribution in [2.24, 2.45) is 0 Å². The second-order valence-electron chi connectivity index (χ2n) is 8.15. The monoisotopic (exact) mass is 578 g/mol. The number of anilines is 1. The highest BCUT2D eigenvalue weighted by Crippen LogP contribution is 2.48. The Kier molecular flexibility index (Phi) is 7.54. The van der Waals surface area contributed by atoms with Crippen molar-refractivity contribution in [1.82, 2.24) is 0 Å². The molecule has 0 saturated carbocycles. The van der Waals surface area contributed by atoms with Crippen LogP contribution in [0.5, 0.6) is 5.75 Å². The summed E-state index contributed by atoms with van der Waals surface area (Å²) >= 11 is 0.571. The third-order valence-electron chi connectivity index (χ3n) is 5.86. The number of ether oxygens (including phenoxy) is 1. The predicted octanol–water partition coefficient (Wildman–Crippen LogP) is 4.31. The number of thiazole rings is 1. The molecule has 37 heavy (non-hydrogen) atoms. The number of fused-ring (bicyclic) bond motifs is 4. The first-order valence-corrected chi connectivity index (χ1v) is 15.3. The zero-order valence-electron chi connectivity index (χ0n) is 19.5. The van der Waals surface area contributed by atoms with Gasteiger partial charge in [-0.05, 0) is 36.1 Å². The van der Waals surface area contributed by atoms with Gasteiger partial charge in [-0.25, -0.2) is 12.6 Å². The maximum Gasteiger partial charge on any atom is 0.307 e. The van der Waals surface area contributed by atoms with Crippen molar-refractivity contribution >= 4 is 77.3 Å². The molecule has 1 aromatic heterocycles. The number of benzene rings is 3. The Bertz CT molecular complexity index is 1650. The molecule has 13 heteroatoms. The first-order valence-electron chi connectivity index (χ1n) is 11.1. The SMILES string of the molecule is COc1ccc2c(c1)N(CCCS(=O)(=O)[O-])C(=Cc1sc3ccc4ccccc4c3[n+]1COS(=O)O)S2. The summed E-state index contributed by atoms with van der Waals surface area (Å²) in [6.07, 6.45) is 2.11. The Hall–Kier alpha value is -2.52. The van der Waals surface area contributed by atoms with E-state index in [4.69, 9.17) is 8.92 Å². The fourth-order valence-electron chi connectivity index (χ4n) is 4.26. The lowest BCUT2D eigenvalue weighted by molar-refractivity contribution is -0.697. The van der Waals surface area contributed by atoms with Crippen molar-refractivity contribution in [3.8, 4) is 5.75 Å². The van der Waals surface area contributed by atoms with Crippen LogP contribution < -0.4 is 14.2 Å². The van der Waals surface area contributed by atoms with E-state index in [2.05, 4.69) is 0 Å². The van der Waals surface area contributed by atoms with E-state index < -0.39 is 27.2 Å². The van der Waals surface area contributed by atoms with Crippen LogP contribution in [-0.4, -0.2) is 41.1 Å². The van der Waals surface area contributed by atoms with Crippen molar-refractivity contribution in [1.29, 1.82) is 0 Å². The summed E-state index contributed by atoms with van der Waals surface area (Å²) in [4.78, 5) is 2.92. The van der Waals surface area contributed by atoms with Gasteiger partial charge in [0.25, 0.3) is 11.7 Å². The van der Waals surface area contributed by atoms with Gasteiger partial charge in [0.1, 0.15) is 10.4 Å². The van der Waals surface area contributed by atoms with E-state index >= 15 is 0 Å². The van der Waals surface area contributed by atoms with Crippen molar-refractivity contribution in [2.75, 3.05) is 24.3 Å². The molecule has 9 nitrogen and oxygen atoms in total. The predicted molar refractivity (Wildman–Crippen MR) is 145 cm³/mol. The van der Waals surface area contributed by atoms with Crippen LogP contribution >= 0.6 is 23.1 Å². The topological polar surface area (TPSA) is 120 Å². The van der Waals surface area contributed by atoms with E-state index in [9.17, 15) is 21.7 Å². The molecule has 0 amide bonds. The summed E-state index contributed by atoms with van der Waals surface area (Å²) in [6, 6.07) is 17.6. The fourth-order valence-corrected chi connectivity index (χ4v) is 7.22. The highest BCUT2D eigenvalue weighted by molar-refractivity contribution is 8.03. The lowest BCUT2D eigenvalue weighted by Gasteiger charge is -2.21. The molecule has 1 unspecified atom stereocenters. The molecule has 0 fully saturated rings. The number of hydrogen-bond donors (Lipinski definition) is 1. The molecule has 0 spiro atoms. The third-order valence-corrected chi connectivity index (χ3v) is 9.16. The van der Waals surface area contributed by atoms with Gasteiger partial charge in [-0.1, -0.05) is 47.4 Å². The molecule has 2 heterocycles. The first-order chi connectivity index (χ1) is 17.7. The smallest absolute Gasteiger partial charge is 0.307 e.